The molecule has 24 heavy (non-hydrogen) atoms. The van der Waals surface area contributed by atoms with Crippen LogP contribution in [0, 0.1) is 0 Å². The Morgan fingerprint density at radius 3 is 2.67 bits per heavy atom. The van der Waals surface area contributed by atoms with Crippen molar-refractivity contribution in [2.45, 2.75) is 38.1 Å². The Hall–Kier alpha value is -1.67. The smallest absolute Gasteiger partial charge is 0.416 e. The summed E-state index contributed by atoms with van der Waals surface area (Å²) in [6, 6.07) is 1.18. The quantitative estimate of drug-likeness (QED) is 0.858. The maximum atomic E-state index is 12.6. The first-order chi connectivity index (χ1) is 11.2. The van der Waals surface area contributed by atoms with Gasteiger partial charge in [0, 0.05) is 12.0 Å². The third-order valence-corrected chi connectivity index (χ3v) is 3.82. The second-order valence-electron chi connectivity index (χ2n) is 5.31. The molecule has 2 rings (SSSR count). The number of alkyl halides is 3. The SMILES string of the molecule is CC[C@H](NC(=O)c1cc(Cl)c2c(c1)OCCCO2)[C@H](O)C(F)(F)F. The summed E-state index contributed by atoms with van der Waals surface area (Å²) in [7, 11) is 0. The van der Waals surface area contributed by atoms with E-state index >= 15 is 0 Å². The number of fused-ring (bicyclic) bond motifs is 1. The molecule has 0 saturated heterocycles. The summed E-state index contributed by atoms with van der Waals surface area (Å²) >= 11 is 6.06. The second kappa shape index (κ2) is 7.48. The van der Waals surface area contributed by atoms with Crippen molar-refractivity contribution in [3.63, 3.8) is 0 Å². The van der Waals surface area contributed by atoms with Crippen LogP contribution < -0.4 is 14.8 Å². The number of carbonyl (C=O) groups excluding carboxylic acids is 1. The largest absolute Gasteiger partial charge is 0.489 e. The summed E-state index contributed by atoms with van der Waals surface area (Å²) < 4.78 is 48.7. The van der Waals surface area contributed by atoms with Gasteiger partial charge in [0.05, 0.1) is 24.3 Å². The summed E-state index contributed by atoms with van der Waals surface area (Å²) in [5.41, 5.74) is 0.0251. The van der Waals surface area contributed by atoms with E-state index in [1.165, 1.54) is 19.1 Å². The molecular weight excluding hydrogens is 351 g/mol. The summed E-state index contributed by atoms with van der Waals surface area (Å²) in [4.78, 5) is 12.2. The lowest BCUT2D eigenvalue weighted by Crippen LogP contribution is -2.49. The van der Waals surface area contributed by atoms with Crippen LogP contribution in [0.3, 0.4) is 0 Å². The maximum absolute atomic E-state index is 12.6. The number of rotatable bonds is 4. The van der Waals surface area contributed by atoms with Gasteiger partial charge in [-0.15, -0.1) is 0 Å². The van der Waals surface area contributed by atoms with Gasteiger partial charge in [0.25, 0.3) is 5.91 Å². The van der Waals surface area contributed by atoms with Crippen molar-refractivity contribution in [3.8, 4) is 11.5 Å². The molecular formula is C15H17ClF3NO4. The summed E-state index contributed by atoms with van der Waals surface area (Å²) in [5, 5.41) is 11.6. The van der Waals surface area contributed by atoms with E-state index in [0.29, 0.717) is 25.4 Å². The van der Waals surface area contributed by atoms with Crippen molar-refractivity contribution < 1.29 is 32.5 Å². The molecule has 134 valence electrons. The minimum atomic E-state index is -4.82. The van der Waals surface area contributed by atoms with E-state index in [0.717, 1.165) is 0 Å². The van der Waals surface area contributed by atoms with Crippen LogP contribution in [0.4, 0.5) is 13.2 Å². The molecule has 0 radical (unpaired) electrons. The van der Waals surface area contributed by atoms with Crippen LogP contribution in [0.1, 0.15) is 30.1 Å². The van der Waals surface area contributed by atoms with Crippen molar-refractivity contribution in [2.24, 2.45) is 0 Å². The van der Waals surface area contributed by atoms with Gasteiger partial charge in [-0.3, -0.25) is 4.79 Å². The molecule has 1 aromatic carbocycles. The first-order valence-corrected chi connectivity index (χ1v) is 7.76. The summed E-state index contributed by atoms with van der Waals surface area (Å²) in [5.74, 6) is -0.231. The fraction of sp³-hybridized carbons (Fsp3) is 0.533. The Labute approximate surface area is 141 Å². The third-order valence-electron chi connectivity index (χ3n) is 3.54. The molecule has 2 N–H and O–H groups in total. The topological polar surface area (TPSA) is 67.8 Å². The van der Waals surface area contributed by atoms with E-state index in [-0.39, 0.29) is 22.8 Å². The number of aliphatic hydroxyl groups excluding tert-OH is 1. The van der Waals surface area contributed by atoms with Gasteiger partial charge >= 0.3 is 6.18 Å². The number of halogens is 4. The molecule has 1 aromatic rings. The molecule has 0 aromatic heterocycles. The fourth-order valence-electron chi connectivity index (χ4n) is 2.25. The molecule has 0 aliphatic carbocycles. The predicted octanol–water partition coefficient (Wildman–Crippen LogP) is 2.93. The van der Waals surface area contributed by atoms with Crippen molar-refractivity contribution in [2.75, 3.05) is 13.2 Å². The first-order valence-electron chi connectivity index (χ1n) is 7.38. The zero-order chi connectivity index (χ0) is 17.9. The Kier molecular flexibility index (Phi) is 5.82. The summed E-state index contributed by atoms with van der Waals surface area (Å²) in [6.45, 7) is 2.22. The van der Waals surface area contributed by atoms with Gasteiger partial charge in [-0.2, -0.15) is 13.2 Å². The van der Waals surface area contributed by atoms with Gasteiger partial charge in [0.2, 0.25) is 0 Å². The highest BCUT2D eigenvalue weighted by Crippen LogP contribution is 2.38. The minimum absolute atomic E-state index is 0.0251. The molecule has 0 saturated carbocycles. The Balaban J connectivity index is 2.20. The monoisotopic (exact) mass is 367 g/mol. The zero-order valence-electron chi connectivity index (χ0n) is 12.8. The molecule has 1 aliphatic rings. The number of hydrogen-bond acceptors (Lipinski definition) is 4. The van der Waals surface area contributed by atoms with Gasteiger partial charge in [-0.25, -0.2) is 0 Å². The van der Waals surface area contributed by atoms with Crippen LogP contribution in [0.5, 0.6) is 11.5 Å². The number of aliphatic hydroxyl groups is 1. The standard InChI is InChI=1S/C15H17ClF3NO4/c1-2-10(13(21)15(17,18)19)20-14(22)8-6-9(16)12-11(7-8)23-4-3-5-24-12/h6-7,10,13,21H,2-5H2,1H3,(H,20,22)/t10-,13-/m0/s1. The van der Waals surface area contributed by atoms with Crippen LogP contribution in [0.15, 0.2) is 12.1 Å². The first kappa shape index (κ1) is 18.7. The second-order valence-corrected chi connectivity index (χ2v) is 5.72. The molecule has 5 nitrogen and oxygen atoms in total. The third kappa shape index (κ3) is 4.24. The van der Waals surface area contributed by atoms with Gasteiger partial charge in [0.1, 0.15) is 0 Å². The maximum Gasteiger partial charge on any atom is 0.416 e. The van der Waals surface area contributed by atoms with Gasteiger partial charge in [-0.1, -0.05) is 18.5 Å². The molecule has 0 bridgehead atoms. The van der Waals surface area contributed by atoms with Gasteiger partial charge < -0.3 is 19.9 Å². The fourth-order valence-corrected chi connectivity index (χ4v) is 2.51. The molecule has 1 amide bonds. The lowest BCUT2D eigenvalue weighted by molar-refractivity contribution is -0.211. The highest BCUT2D eigenvalue weighted by atomic mass is 35.5. The van der Waals surface area contributed by atoms with Crippen LogP contribution in [-0.4, -0.2) is 42.5 Å². The molecule has 9 heteroatoms. The Bertz CT molecular complexity index is 609. The van der Waals surface area contributed by atoms with Crippen LogP contribution in [-0.2, 0) is 0 Å². The number of ether oxygens (including phenoxy) is 2. The average Bonchev–Trinajstić information content (AvgIpc) is 2.76. The van der Waals surface area contributed by atoms with E-state index in [1.807, 2.05) is 0 Å². The van der Waals surface area contributed by atoms with Crippen molar-refractivity contribution in [1.82, 2.24) is 5.32 Å². The van der Waals surface area contributed by atoms with E-state index in [2.05, 4.69) is 5.32 Å². The lowest BCUT2D eigenvalue weighted by Gasteiger charge is -2.25. The van der Waals surface area contributed by atoms with Crippen LogP contribution in [0.25, 0.3) is 0 Å². The van der Waals surface area contributed by atoms with Crippen molar-refractivity contribution >= 4 is 17.5 Å². The van der Waals surface area contributed by atoms with E-state index in [9.17, 15) is 23.1 Å². The lowest BCUT2D eigenvalue weighted by atomic mass is 10.1. The molecule has 1 aliphatic heterocycles. The zero-order valence-corrected chi connectivity index (χ0v) is 13.6. The molecule has 0 fully saturated rings. The van der Waals surface area contributed by atoms with E-state index in [1.54, 1.807) is 0 Å². The summed E-state index contributed by atoms with van der Waals surface area (Å²) in [6.07, 6.45) is -6.93. The number of amides is 1. The van der Waals surface area contributed by atoms with Crippen LogP contribution >= 0.6 is 11.6 Å². The van der Waals surface area contributed by atoms with Crippen molar-refractivity contribution in [3.05, 3.63) is 22.7 Å². The minimum Gasteiger partial charge on any atom is -0.489 e. The highest BCUT2D eigenvalue weighted by Gasteiger charge is 2.43. The number of benzene rings is 1. The van der Waals surface area contributed by atoms with E-state index in [4.69, 9.17) is 21.1 Å². The van der Waals surface area contributed by atoms with E-state index < -0.39 is 24.2 Å². The van der Waals surface area contributed by atoms with Crippen molar-refractivity contribution in [1.29, 1.82) is 0 Å². The number of carbonyl (C=O) groups is 1. The molecule has 0 unspecified atom stereocenters. The molecule has 2 atom stereocenters. The number of hydrogen-bond donors (Lipinski definition) is 2. The predicted molar refractivity (Wildman–Crippen MR) is 80.7 cm³/mol. The van der Waals surface area contributed by atoms with Gasteiger partial charge in [0.15, 0.2) is 17.6 Å². The highest BCUT2D eigenvalue weighted by molar-refractivity contribution is 6.32. The average molecular weight is 368 g/mol. The molecule has 1 heterocycles. The number of nitrogens with one attached hydrogen (secondary N) is 1. The Morgan fingerprint density at radius 2 is 2.04 bits per heavy atom. The van der Waals surface area contributed by atoms with Gasteiger partial charge in [-0.05, 0) is 18.6 Å². The molecule has 0 spiro atoms. The van der Waals surface area contributed by atoms with Crippen LogP contribution in [0.2, 0.25) is 5.02 Å². The normalized spacial score (nSPS) is 16.9. The Morgan fingerprint density at radius 1 is 1.38 bits per heavy atom.